The third-order valence-electron chi connectivity index (χ3n) is 4.57. The van der Waals surface area contributed by atoms with Gasteiger partial charge in [-0.15, -0.1) is 12.3 Å². The monoisotopic (exact) mass is 305 g/mol. The van der Waals surface area contributed by atoms with Crippen LogP contribution in [0.5, 0.6) is 0 Å². The molecule has 1 fully saturated rings. The highest BCUT2D eigenvalue weighted by Crippen LogP contribution is 2.36. The number of nitrogens with zero attached hydrogens (tertiary/aromatic N) is 2. The molecule has 0 aromatic carbocycles. The molecule has 0 saturated heterocycles. The quantitative estimate of drug-likeness (QED) is 0.558. The lowest BCUT2D eigenvalue weighted by Gasteiger charge is -2.15. The van der Waals surface area contributed by atoms with Crippen molar-refractivity contribution in [1.29, 1.82) is 0 Å². The number of nitrogens with one attached hydrogen (secondary N) is 1. The zero-order valence-corrected chi connectivity index (χ0v) is 12.8. The van der Waals surface area contributed by atoms with E-state index >= 15 is 0 Å². The summed E-state index contributed by atoms with van der Waals surface area (Å²) in [6.45, 7) is 0.537. The highest BCUT2D eigenvalue weighted by molar-refractivity contribution is 5.78. The Morgan fingerprint density at radius 3 is 2.50 bits per heavy atom. The van der Waals surface area contributed by atoms with E-state index in [1.54, 1.807) is 0 Å². The Hall–Kier alpha value is -1.90. The van der Waals surface area contributed by atoms with E-state index < -0.39 is 5.97 Å². The Kier molecular flexibility index (Phi) is 5.53. The molecule has 1 amide bonds. The molecular formula is C16H23N3O3. The van der Waals surface area contributed by atoms with Crippen molar-refractivity contribution in [3.8, 4) is 12.3 Å². The van der Waals surface area contributed by atoms with E-state index in [2.05, 4.69) is 21.5 Å². The minimum absolute atomic E-state index is 0.0267. The van der Waals surface area contributed by atoms with Gasteiger partial charge in [0.2, 0.25) is 5.91 Å². The standard InChI is InChI=1S/C16H23N3O3/c1-2-3-9-16(18-19-16)10-11-17-14(20)12-5-4-6-13(8-7-12)15(21)22/h1,12-13H,3-11H2,(H,17,20)(H,21,22). The van der Waals surface area contributed by atoms with E-state index in [1.807, 2.05) is 0 Å². The second-order valence-electron chi connectivity index (χ2n) is 6.17. The van der Waals surface area contributed by atoms with Crippen LogP contribution in [-0.2, 0) is 9.59 Å². The predicted octanol–water partition coefficient (Wildman–Crippen LogP) is 2.35. The van der Waals surface area contributed by atoms with Crippen LogP contribution in [0.3, 0.4) is 0 Å². The molecule has 2 aliphatic rings. The van der Waals surface area contributed by atoms with Gasteiger partial charge < -0.3 is 10.4 Å². The minimum Gasteiger partial charge on any atom is -0.481 e. The maximum atomic E-state index is 12.2. The van der Waals surface area contributed by atoms with Gasteiger partial charge in [-0.3, -0.25) is 9.59 Å². The van der Waals surface area contributed by atoms with Gasteiger partial charge in [0, 0.05) is 31.7 Å². The van der Waals surface area contributed by atoms with Gasteiger partial charge in [0.1, 0.15) is 0 Å². The average Bonchev–Trinajstić information content (AvgIpc) is 3.28. The summed E-state index contributed by atoms with van der Waals surface area (Å²) in [6, 6.07) is 0. The first kappa shape index (κ1) is 16.5. The van der Waals surface area contributed by atoms with Crippen LogP contribution in [0.1, 0.15) is 51.4 Å². The van der Waals surface area contributed by atoms with Crippen LogP contribution in [-0.4, -0.2) is 29.2 Å². The summed E-state index contributed by atoms with van der Waals surface area (Å²) in [5.74, 6) is 1.50. The third-order valence-corrected chi connectivity index (χ3v) is 4.57. The summed E-state index contributed by atoms with van der Waals surface area (Å²) in [6.07, 6.45) is 10.8. The number of rotatable bonds is 7. The van der Waals surface area contributed by atoms with Crippen molar-refractivity contribution in [3.63, 3.8) is 0 Å². The summed E-state index contributed by atoms with van der Waals surface area (Å²) in [5.41, 5.74) is -0.364. The van der Waals surface area contributed by atoms with E-state index in [9.17, 15) is 9.59 Å². The molecule has 1 aliphatic heterocycles. The molecule has 0 radical (unpaired) electrons. The average molecular weight is 305 g/mol. The van der Waals surface area contributed by atoms with E-state index in [1.165, 1.54) is 0 Å². The molecule has 1 aliphatic carbocycles. The molecule has 2 rings (SSSR count). The van der Waals surface area contributed by atoms with E-state index in [0.29, 0.717) is 38.6 Å². The summed E-state index contributed by atoms with van der Waals surface area (Å²) < 4.78 is 0. The topological polar surface area (TPSA) is 91.1 Å². The fraction of sp³-hybridized carbons (Fsp3) is 0.750. The van der Waals surface area contributed by atoms with Gasteiger partial charge in [0.15, 0.2) is 5.66 Å². The predicted molar refractivity (Wildman–Crippen MR) is 81.0 cm³/mol. The van der Waals surface area contributed by atoms with Crippen molar-refractivity contribution >= 4 is 11.9 Å². The summed E-state index contributed by atoms with van der Waals surface area (Å²) in [4.78, 5) is 23.2. The lowest BCUT2D eigenvalue weighted by molar-refractivity contribution is -0.142. The number of terminal acetylenes is 1. The number of carboxylic acids is 1. The van der Waals surface area contributed by atoms with Crippen molar-refractivity contribution in [2.45, 2.75) is 57.0 Å². The van der Waals surface area contributed by atoms with Crippen LogP contribution >= 0.6 is 0 Å². The molecule has 0 bridgehead atoms. The Bertz CT molecular complexity index is 489. The zero-order chi connectivity index (χ0) is 16.0. The van der Waals surface area contributed by atoms with Gasteiger partial charge in [0.05, 0.1) is 5.92 Å². The molecule has 0 spiro atoms. The number of hydrogen-bond donors (Lipinski definition) is 2. The Morgan fingerprint density at radius 2 is 1.86 bits per heavy atom. The van der Waals surface area contributed by atoms with E-state index in [-0.39, 0.29) is 23.4 Å². The van der Waals surface area contributed by atoms with E-state index in [0.717, 1.165) is 19.3 Å². The molecule has 0 aromatic heterocycles. The maximum Gasteiger partial charge on any atom is 0.306 e. The number of aliphatic carboxylic acids is 1. The van der Waals surface area contributed by atoms with Crippen LogP contribution in [0.2, 0.25) is 0 Å². The number of amides is 1. The van der Waals surface area contributed by atoms with Crippen molar-refractivity contribution in [2.24, 2.45) is 22.1 Å². The zero-order valence-electron chi connectivity index (χ0n) is 12.8. The van der Waals surface area contributed by atoms with E-state index in [4.69, 9.17) is 11.5 Å². The SMILES string of the molecule is C#CCCC1(CCNC(=O)C2CCCC(C(=O)O)CC2)N=N1. The maximum absolute atomic E-state index is 12.2. The Labute approximate surface area is 130 Å². The number of carboxylic acid groups (broad SMARTS) is 1. The second-order valence-corrected chi connectivity index (χ2v) is 6.17. The summed E-state index contributed by atoms with van der Waals surface area (Å²) >= 11 is 0. The molecule has 1 heterocycles. The van der Waals surface area contributed by atoms with Gasteiger partial charge in [-0.25, -0.2) is 0 Å². The highest BCUT2D eigenvalue weighted by Gasteiger charge is 2.38. The molecule has 2 unspecified atom stereocenters. The number of carbonyl (C=O) groups excluding carboxylic acids is 1. The Morgan fingerprint density at radius 1 is 1.18 bits per heavy atom. The third kappa shape index (κ3) is 4.55. The molecule has 120 valence electrons. The fourth-order valence-electron chi connectivity index (χ4n) is 3.01. The first-order chi connectivity index (χ1) is 10.6. The summed E-state index contributed by atoms with van der Waals surface area (Å²) in [5, 5.41) is 20.1. The first-order valence-corrected chi connectivity index (χ1v) is 7.94. The van der Waals surface area contributed by atoms with Gasteiger partial charge in [-0.1, -0.05) is 6.42 Å². The van der Waals surface area contributed by atoms with Gasteiger partial charge >= 0.3 is 5.97 Å². The highest BCUT2D eigenvalue weighted by atomic mass is 16.4. The van der Waals surface area contributed by atoms with Crippen molar-refractivity contribution in [3.05, 3.63) is 0 Å². The largest absolute Gasteiger partial charge is 0.481 e. The lowest BCUT2D eigenvalue weighted by atomic mass is 9.97. The van der Waals surface area contributed by atoms with Gasteiger partial charge in [0.25, 0.3) is 0 Å². The second kappa shape index (κ2) is 7.39. The molecule has 22 heavy (non-hydrogen) atoms. The van der Waals surface area contributed by atoms with Gasteiger partial charge in [-0.05, 0) is 25.7 Å². The number of hydrogen-bond acceptors (Lipinski definition) is 4. The van der Waals surface area contributed by atoms with Crippen LogP contribution in [0.4, 0.5) is 0 Å². The van der Waals surface area contributed by atoms with Crippen molar-refractivity contribution in [1.82, 2.24) is 5.32 Å². The van der Waals surface area contributed by atoms with Crippen LogP contribution in [0.15, 0.2) is 10.2 Å². The molecule has 2 N–H and O–H groups in total. The molecule has 2 atom stereocenters. The number of carbonyl (C=O) groups is 2. The normalized spacial score (nSPS) is 25.8. The molecule has 0 aromatic rings. The molecular weight excluding hydrogens is 282 g/mol. The molecule has 6 heteroatoms. The first-order valence-electron chi connectivity index (χ1n) is 7.94. The van der Waals surface area contributed by atoms with Crippen molar-refractivity contribution < 1.29 is 14.7 Å². The van der Waals surface area contributed by atoms with Crippen LogP contribution < -0.4 is 5.32 Å². The van der Waals surface area contributed by atoms with Crippen LogP contribution in [0, 0.1) is 24.2 Å². The Balaban J connectivity index is 1.69. The summed E-state index contributed by atoms with van der Waals surface area (Å²) in [7, 11) is 0. The smallest absolute Gasteiger partial charge is 0.306 e. The molecule has 6 nitrogen and oxygen atoms in total. The lowest BCUT2D eigenvalue weighted by Crippen LogP contribution is -2.33. The fourth-order valence-corrected chi connectivity index (χ4v) is 3.01. The van der Waals surface area contributed by atoms with Gasteiger partial charge in [-0.2, -0.15) is 10.2 Å². The minimum atomic E-state index is -0.742. The molecule has 1 saturated carbocycles. The van der Waals surface area contributed by atoms with Crippen molar-refractivity contribution in [2.75, 3.05) is 6.54 Å². The van der Waals surface area contributed by atoms with Crippen LogP contribution in [0.25, 0.3) is 0 Å².